The van der Waals surface area contributed by atoms with Crippen molar-refractivity contribution < 1.29 is 0 Å². The largest absolute Gasteiger partial charge is 0.399 e. The van der Waals surface area contributed by atoms with E-state index in [0.717, 1.165) is 37.6 Å². The van der Waals surface area contributed by atoms with Gasteiger partial charge in [0, 0.05) is 24.8 Å². The molecular formula is C16H25N5. The average Bonchev–Trinajstić information content (AvgIpc) is 2.86. The number of rotatable bonds is 7. The van der Waals surface area contributed by atoms with E-state index in [2.05, 4.69) is 41.8 Å². The lowest BCUT2D eigenvalue weighted by Gasteiger charge is -2.26. The first-order valence-electron chi connectivity index (χ1n) is 7.55. The van der Waals surface area contributed by atoms with Crippen molar-refractivity contribution in [3.05, 3.63) is 42.0 Å². The molecule has 0 fully saturated rings. The first-order valence-corrected chi connectivity index (χ1v) is 7.55. The Balaban J connectivity index is 2.10. The van der Waals surface area contributed by atoms with E-state index in [0.29, 0.717) is 6.04 Å². The SMILES string of the molecule is CCCn1ncnc1CN(Cc1cccc(N)c1)C(C)C. The molecule has 2 aromatic rings. The molecule has 0 unspecified atom stereocenters. The van der Waals surface area contributed by atoms with Crippen molar-refractivity contribution in [1.82, 2.24) is 19.7 Å². The fraction of sp³-hybridized carbons (Fsp3) is 0.500. The lowest BCUT2D eigenvalue weighted by Crippen LogP contribution is -2.31. The zero-order valence-electron chi connectivity index (χ0n) is 13.2. The van der Waals surface area contributed by atoms with E-state index in [1.807, 2.05) is 22.9 Å². The van der Waals surface area contributed by atoms with E-state index in [1.165, 1.54) is 5.56 Å². The summed E-state index contributed by atoms with van der Waals surface area (Å²) in [4.78, 5) is 6.78. The predicted octanol–water partition coefficient (Wildman–Crippen LogP) is 2.68. The number of aryl methyl sites for hydroxylation is 1. The van der Waals surface area contributed by atoms with Crippen LogP contribution in [0, 0.1) is 0 Å². The van der Waals surface area contributed by atoms with Gasteiger partial charge in [0.25, 0.3) is 0 Å². The van der Waals surface area contributed by atoms with Gasteiger partial charge in [0.15, 0.2) is 0 Å². The standard InChI is InChI=1S/C16H25N5/c1-4-8-21-16(18-12-19-21)11-20(13(2)3)10-14-6-5-7-15(17)9-14/h5-7,9,12-13H,4,8,10-11,17H2,1-3H3. The second-order valence-corrected chi connectivity index (χ2v) is 5.64. The van der Waals surface area contributed by atoms with Crippen molar-refractivity contribution in [3.8, 4) is 0 Å². The van der Waals surface area contributed by atoms with Crippen LogP contribution in [0.5, 0.6) is 0 Å². The summed E-state index contributed by atoms with van der Waals surface area (Å²) >= 11 is 0. The molecule has 2 rings (SSSR count). The molecule has 114 valence electrons. The van der Waals surface area contributed by atoms with Crippen molar-refractivity contribution in [2.45, 2.75) is 52.9 Å². The molecule has 0 bridgehead atoms. The summed E-state index contributed by atoms with van der Waals surface area (Å²) in [5.41, 5.74) is 7.90. The minimum absolute atomic E-state index is 0.429. The van der Waals surface area contributed by atoms with E-state index < -0.39 is 0 Å². The average molecular weight is 287 g/mol. The fourth-order valence-electron chi connectivity index (χ4n) is 2.34. The normalized spacial score (nSPS) is 11.5. The van der Waals surface area contributed by atoms with Crippen LogP contribution in [0.4, 0.5) is 5.69 Å². The Morgan fingerprint density at radius 1 is 1.29 bits per heavy atom. The summed E-state index contributed by atoms with van der Waals surface area (Å²) in [5, 5.41) is 4.30. The molecule has 1 heterocycles. The Morgan fingerprint density at radius 3 is 2.76 bits per heavy atom. The third kappa shape index (κ3) is 4.29. The van der Waals surface area contributed by atoms with Crippen LogP contribution < -0.4 is 5.73 Å². The van der Waals surface area contributed by atoms with Crippen LogP contribution >= 0.6 is 0 Å². The number of hydrogen-bond acceptors (Lipinski definition) is 4. The fourth-order valence-corrected chi connectivity index (χ4v) is 2.34. The van der Waals surface area contributed by atoms with Gasteiger partial charge in [-0.1, -0.05) is 19.1 Å². The molecule has 5 heteroatoms. The summed E-state index contributed by atoms with van der Waals surface area (Å²) in [6.07, 6.45) is 2.71. The van der Waals surface area contributed by atoms with Crippen LogP contribution in [-0.2, 0) is 19.6 Å². The second-order valence-electron chi connectivity index (χ2n) is 5.64. The van der Waals surface area contributed by atoms with Gasteiger partial charge in [-0.3, -0.25) is 4.90 Å². The van der Waals surface area contributed by atoms with Gasteiger partial charge in [0.05, 0.1) is 6.54 Å². The molecule has 1 aromatic heterocycles. The van der Waals surface area contributed by atoms with Crippen LogP contribution in [0.2, 0.25) is 0 Å². The van der Waals surface area contributed by atoms with Gasteiger partial charge in [-0.15, -0.1) is 0 Å². The Morgan fingerprint density at radius 2 is 2.10 bits per heavy atom. The van der Waals surface area contributed by atoms with Gasteiger partial charge in [0.2, 0.25) is 0 Å². The number of aromatic nitrogens is 3. The third-order valence-electron chi connectivity index (χ3n) is 3.54. The van der Waals surface area contributed by atoms with Crippen molar-refractivity contribution in [2.75, 3.05) is 5.73 Å². The van der Waals surface area contributed by atoms with Crippen LogP contribution in [0.25, 0.3) is 0 Å². The maximum Gasteiger partial charge on any atom is 0.141 e. The number of nitrogens with zero attached hydrogens (tertiary/aromatic N) is 4. The molecule has 0 aliphatic rings. The van der Waals surface area contributed by atoms with Gasteiger partial charge in [0.1, 0.15) is 12.2 Å². The van der Waals surface area contributed by atoms with Crippen molar-refractivity contribution in [1.29, 1.82) is 0 Å². The van der Waals surface area contributed by atoms with E-state index in [-0.39, 0.29) is 0 Å². The number of nitrogens with two attached hydrogens (primary N) is 1. The molecule has 5 nitrogen and oxygen atoms in total. The van der Waals surface area contributed by atoms with Crippen LogP contribution in [0.3, 0.4) is 0 Å². The number of anilines is 1. The highest BCUT2D eigenvalue weighted by Crippen LogP contribution is 2.14. The molecule has 2 N–H and O–H groups in total. The smallest absolute Gasteiger partial charge is 0.141 e. The molecular weight excluding hydrogens is 262 g/mol. The number of benzene rings is 1. The molecule has 0 radical (unpaired) electrons. The van der Waals surface area contributed by atoms with Crippen molar-refractivity contribution in [2.24, 2.45) is 0 Å². The Bertz CT molecular complexity index is 561. The lowest BCUT2D eigenvalue weighted by atomic mass is 10.1. The second kappa shape index (κ2) is 7.22. The predicted molar refractivity (Wildman–Crippen MR) is 85.6 cm³/mol. The summed E-state index contributed by atoms with van der Waals surface area (Å²) in [6.45, 7) is 9.13. The molecule has 0 spiro atoms. The number of hydrogen-bond donors (Lipinski definition) is 1. The van der Waals surface area contributed by atoms with E-state index in [1.54, 1.807) is 6.33 Å². The first kappa shape index (κ1) is 15.5. The summed E-state index contributed by atoms with van der Waals surface area (Å²) in [5.74, 6) is 1.02. The van der Waals surface area contributed by atoms with Crippen LogP contribution in [-0.4, -0.2) is 25.7 Å². The van der Waals surface area contributed by atoms with Crippen molar-refractivity contribution >= 4 is 5.69 Å². The maximum absolute atomic E-state index is 5.87. The van der Waals surface area contributed by atoms with Gasteiger partial charge in [-0.05, 0) is 38.0 Å². The highest BCUT2D eigenvalue weighted by molar-refractivity contribution is 5.40. The first-order chi connectivity index (χ1) is 10.1. The van der Waals surface area contributed by atoms with Gasteiger partial charge < -0.3 is 5.73 Å². The summed E-state index contributed by atoms with van der Waals surface area (Å²) < 4.78 is 1.99. The zero-order valence-corrected chi connectivity index (χ0v) is 13.2. The Labute approximate surface area is 126 Å². The molecule has 0 amide bonds. The summed E-state index contributed by atoms with van der Waals surface area (Å²) in [7, 11) is 0. The Kier molecular flexibility index (Phi) is 5.33. The van der Waals surface area contributed by atoms with E-state index in [9.17, 15) is 0 Å². The monoisotopic (exact) mass is 287 g/mol. The van der Waals surface area contributed by atoms with Crippen molar-refractivity contribution in [3.63, 3.8) is 0 Å². The van der Waals surface area contributed by atoms with E-state index in [4.69, 9.17) is 5.73 Å². The third-order valence-corrected chi connectivity index (χ3v) is 3.54. The minimum atomic E-state index is 0.429. The zero-order chi connectivity index (χ0) is 15.2. The molecule has 0 aliphatic heterocycles. The maximum atomic E-state index is 5.87. The van der Waals surface area contributed by atoms with E-state index >= 15 is 0 Å². The quantitative estimate of drug-likeness (QED) is 0.795. The highest BCUT2D eigenvalue weighted by Gasteiger charge is 2.14. The molecule has 21 heavy (non-hydrogen) atoms. The summed E-state index contributed by atoms with van der Waals surface area (Å²) in [6, 6.07) is 8.50. The Hall–Kier alpha value is -1.88. The van der Waals surface area contributed by atoms with Gasteiger partial charge in [-0.25, -0.2) is 9.67 Å². The highest BCUT2D eigenvalue weighted by atomic mass is 15.3. The van der Waals surface area contributed by atoms with Gasteiger partial charge in [-0.2, -0.15) is 5.10 Å². The molecule has 0 aliphatic carbocycles. The molecule has 1 aromatic carbocycles. The lowest BCUT2D eigenvalue weighted by molar-refractivity contribution is 0.194. The van der Waals surface area contributed by atoms with Gasteiger partial charge >= 0.3 is 0 Å². The minimum Gasteiger partial charge on any atom is -0.399 e. The molecule has 0 atom stereocenters. The topological polar surface area (TPSA) is 60.0 Å². The van der Waals surface area contributed by atoms with Crippen LogP contribution in [0.1, 0.15) is 38.6 Å². The number of nitrogen functional groups attached to an aromatic ring is 1. The molecule has 0 saturated carbocycles. The molecule has 0 saturated heterocycles. The van der Waals surface area contributed by atoms with Crippen LogP contribution in [0.15, 0.2) is 30.6 Å².